The van der Waals surface area contributed by atoms with Crippen LogP contribution >= 0.6 is 11.8 Å². The summed E-state index contributed by atoms with van der Waals surface area (Å²) in [5, 5.41) is 3.66. The van der Waals surface area contributed by atoms with Gasteiger partial charge < -0.3 is 10.1 Å². The zero-order valence-corrected chi connectivity index (χ0v) is 16.6. The van der Waals surface area contributed by atoms with Gasteiger partial charge in [-0.1, -0.05) is 37.7 Å². The van der Waals surface area contributed by atoms with E-state index < -0.39 is 0 Å². The maximum atomic E-state index is 12.9. The number of carbonyl (C=O) groups is 1. The topological polar surface area (TPSA) is 73.2 Å². The minimum Gasteiger partial charge on any atom is -0.383 e. The summed E-state index contributed by atoms with van der Waals surface area (Å²) in [7, 11) is 1.59. The lowest BCUT2D eigenvalue weighted by Gasteiger charge is -2.17. The van der Waals surface area contributed by atoms with Crippen molar-refractivity contribution in [1.29, 1.82) is 0 Å². The van der Waals surface area contributed by atoms with Crippen molar-refractivity contribution < 1.29 is 9.53 Å². The first-order valence-corrected chi connectivity index (χ1v) is 9.75. The first-order valence-electron chi connectivity index (χ1n) is 8.87. The van der Waals surface area contributed by atoms with Crippen LogP contribution in [0, 0.1) is 5.92 Å². The van der Waals surface area contributed by atoms with Crippen LogP contribution in [-0.2, 0) is 16.1 Å². The minimum absolute atomic E-state index is 0.0502. The average Bonchev–Trinajstić information content (AvgIpc) is 2.61. The highest BCUT2D eigenvalue weighted by Crippen LogP contribution is 2.23. The van der Waals surface area contributed by atoms with E-state index in [0.717, 1.165) is 6.42 Å². The van der Waals surface area contributed by atoms with Crippen LogP contribution in [0.4, 0.5) is 0 Å². The van der Waals surface area contributed by atoms with Gasteiger partial charge in [-0.3, -0.25) is 14.2 Å². The number of benzene rings is 1. The Balaban J connectivity index is 2.30. The van der Waals surface area contributed by atoms with Crippen molar-refractivity contribution >= 4 is 28.6 Å². The summed E-state index contributed by atoms with van der Waals surface area (Å²) < 4.78 is 6.65. The Morgan fingerprint density at radius 2 is 2.04 bits per heavy atom. The third kappa shape index (κ3) is 5.32. The van der Waals surface area contributed by atoms with Crippen LogP contribution in [0.1, 0.15) is 27.2 Å². The molecule has 0 spiro atoms. The second-order valence-corrected chi connectivity index (χ2v) is 7.90. The molecule has 26 heavy (non-hydrogen) atoms. The number of rotatable bonds is 9. The standard InChI is InChI=1S/C19H27N3O3S/c1-13(2)9-11-22-18(24)15-7-5-6-8-16(15)21-19(22)26-14(3)17(23)20-10-12-25-4/h5-8,13-14H,9-12H2,1-4H3,(H,20,23)/t14-/m0/s1. The monoisotopic (exact) mass is 377 g/mol. The van der Waals surface area contributed by atoms with Crippen molar-refractivity contribution in [2.24, 2.45) is 5.92 Å². The minimum atomic E-state index is -0.356. The maximum absolute atomic E-state index is 12.9. The molecule has 142 valence electrons. The van der Waals surface area contributed by atoms with Crippen molar-refractivity contribution in [1.82, 2.24) is 14.9 Å². The molecule has 0 aliphatic carbocycles. The Bertz CT molecular complexity index is 804. The second-order valence-electron chi connectivity index (χ2n) is 6.59. The van der Waals surface area contributed by atoms with E-state index in [1.54, 1.807) is 17.7 Å². The quantitative estimate of drug-likeness (QED) is 0.413. The molecule has 1 heterocycles. The van der Waals surface area contributed by atoms with Crippen LogP contribution in [0.2, 0.25) is 0 Å². The van der Waals surface area contributed by atoms with Crippen LogP contribution in [0.25, 0.3) is 10.9 Å². The van der Waals surface area contributed by atoms with Gasteiger partial charge in [0.1, 0.15) is 0 Å². The van der Waals surface area contributed by atoms with E-state index in [1.807, 2.05) is 25.1 Å². The molecule has 1 atom stereocenters. The van der Waals surface area contributed by atoms with Crippen molar-refractivity contribution in [2.45, 2.75) is 44.1 Å². The van der Waals surface area contributed by atoms with Crippen molar-refractivity contribution in [3.8, 4) is 0 Å². The number of fused-ring (bicyclic) bond motifs is 1. The fraction of sp³-hybridized carbons (Fsp3) is 0.526. The second kappa shape index (κ2) is 9.73. The molecular formula is C19H27N3O3S. The molecule has 0 aliphatic rings. The SMILES string of the molecule is COCCNC(=O)[C@H](C)Sc1nc2ccccc2c(=O)n1CCC(C)C. The Morgan fingerprint density at radius 3 is 2.73 bits per heavy atom. The van der Waals surface area contributed by atoms with Gasteiger partial charge in [0.15, 0.2) is 5.16 Å². The molecular weight excluding hydrogens is 350 g/mol. The average molecular weight is 378 g/mol. The van der Waals surface area contributed by atoms with Crippen molar-refractivity contribution in [3.05, 3.63) is 34.6 Å². The third-order valence-electron chi connectivity index (χ3n) is 4.01. The molecule has 0 saturated carbocycles. The zero-order chi connectivity index (χ0) is 19.1. The summed E-state index contributed by atoms with van der Waals surface area (Å²) >= 11 is 1.32. The van der Waals surface area contributed by atoms with Crippen molar-refractivity contribution in [3.63, 3.8) is 0 Å². The number of nitrogens with zero attached hydrogens (tertiary/aromatic N) is 2. The highest BCUT2D eigenvalue weighted by atomic mass is 32.2. The van der Waals surface area contributed by atoms with E-state index in [0.29, 0.717) is 41.7 Å². The molecule has 1 aromatic heterocycles. The Hall–Kier alpha value is -1.86. The van der Waals surface area contributed by atoms with Crippen LogP contribution < -0.4 is 10.9 Å². The number of nitrogens with one attached hydrogen (secondary N) is 1. The molecule has 1 aromatic carbocycles. The van der Waals surface area contributed by atoms with Crippen LogP contribution in [0.5, 0.6) is 0 Å². The lowest BCUT2D eigenvalue weighted by molar-refractivity contribution is -0.120. The Labute approximate surface area is 158 Å². The van der Waals surface area contributed by atoms with E-state index in [2.05, 4.69) is 24.1 Å². The first kappa shape index (κ1) is 20.5. The van der Waals surface area contributed by atoms with Gasteiger partial charge in [0.2, 0.25) is 5.91 Å². The smallest absolute Gasteiger partial charge is 0.262 e. The van der Waals surface area contributed by atoms with Gasteiger partial charge in [0.25, 0.3) is 5.56 Å². The molecule has 0 aliphatic heterocycles. The molecule has 0 radical (unpaired) electrons. The van der Waals surface area contributed by atoms with Crippen LogP contribution in [-0.4, -0.2) is 41.0 Å². The summed E-state index contributed by atoms with van der Waals surface area (Å²) in [6, 6.07) is 7.34. The number of para-hydroxylation sites is 1. The summed E-state index contributed by atoms with van der Waals surface area (Å²) in [4.78, 5) is 29.8. The zero-order valence-electron chi connectivity index (χ0n) is 15.8. The normalized spacial score (nSPS) is 12.5. The molecule has 0 saturated heterocycles. The molecule has 6 nitrogen and oxygen atoms in total. The predicted molar refractivity (Wildman–Crippen MR) is 106 cm³/mol. The molecule has 0 fully saturated rings. The number of thioether (sulfide) groups is 1. The van der Waals surface area contributed by atoms with E-state index in [-0.39, 0.29) is 16.7 Å². The summed E-state index contributed by atoms with van der Waals surface area (Å²) in [6.45, 7) is 7.59. The van der Waals surface area contributed by atoms with Gasteiger partial charge in [-0.05, 0) is 31.4 Å². The van der Waals surface area contributed by atoms with Gasteiger partial charge in [-0.15, -0.1) is 0 Å². The number of aromatic nitrogens is 2. The van der Waals surface area contributed by atoms with Gasteiger partial charge >= 0.3 is 0 Å². The molecule has 2 rings (SSSR count). The summed E-state index contributed by atoms with van der Waals surface area (Å²) in [5.41, 5.74) is 0.610. The number of hydrogen-bond acceptors (Lipinski definition) is 5. The number of ether oxygens (including phenoxy) is 1. The number of carbonyl (C=O) groups excluding carboxylic acids is 1. The highest BCUT2D eigenvalue weighted by molar-refractivity contribution is 8.00. The molecule has 1 amide bonds. The number of hydrogen-bond donors (Lipinski definition) is 1. The lowest BCUT2D eigenvalue weighted by atomic mass is 10.1. The van der Waals surface area contributed by atoms with Crippen LogP contribution in [0.3, 0.4) is 0 Å². The van der Waals surface area contributed by atoms with Crippen LogP contribution in [0.15, 0.2) is 34.2 Å². The third-order valence-corrected chi connectivity index (χ3v) is 5.10. The molecule has 2 aromatic rings. The summed E-state index contributed by atoms with van der Waals surface area (Å²) in [6.07, 6.45) is 0.877. The predicted octanol–water partition coefficient (Wildman–Crippen LogP) is 2.69. The van der Waals surface area contributed by atoms with Gasteiger partial charge in [-0.2, -0.15) is 0 Å². The van der Waals surface area contributed by atoms with E-state index in [4.69, 9.17) is 4.74 Å². The molecule has 1 N–H and O–H groups in total. The molecule has 0 bridgehead atoms. The van der Waals surface area contributed by atoms with Gasteiger partial charge in [0.05, 0.1) is 22.8 Å². The highest BCUT2D eigenvalue weighted by Gasteiger charge is 2.19. The van der Waals surface area contributed by atoms with E-state index in [1.165, 1.54) is 11.8 Å². The molecule has 0 unspecified atom stereocenters. The Kier molecular flexibility index (Phi) is 7.66. The van der Waals surface area contributed by atoms with Gasteiger partial charge in [0, 0.05) is 20.2 Å². The largest absolute Gasteiger partial charge is 0.383 e. The van der Waals surface area contributed by atoms with E-state index >= 15 is 0 Å². The fourth-order valence-corrected chi connectivity index (χ4v) is 3.41. The number of methoxy groups -OCH3 is 1. The van der Waals surface area contributed by atoms with E-state index in [9.17, 15) is 9.59 Å². The fourth-order valence-electron chi connectivity index (χ4n) is 2.45. The molecule has 7 heteroatoms. The number of amides is 1. The Morgan fingerprint density at radius 1 is 1.31 bits per heavy atom. The summed E-state index contributed by atoms with van der Waals surface area (Å²) in [5.74, 6) is 0.380. The van der Waals surface area contributed by atoms with Gasteiger partial charge in [-0.25, -0.2) is 4.98 Å². The van der Waals surface area contributed by atoms with Crippen molar-refractivity contribution in [2.75, 3.05) is 20.3 Å². The lowest BCUT2D eigenvalue weighted by Crippen LogP contribution is -2.34. The first-order chi connectivity index (χ1) is 12.4. The maximum Gasteiger partial charge on any atom is 0.262 e.